The van der Waals surface area contributed by atoms with Gasteiger partial charge in [0.05, 0.1) is 6.07 Å². The maximum atomic E-state index is 9.13. The summed E-state index contributed by atoms with van der Waals surface area (Å²) < 4.78 is 5.55. The van der Waals surface area contributed by atoms with Gasteiger partial charge in [-0.05, 0) is 45.1 Å². The van der Waals surface area contributed by atoms with Crippen molar-refractivity contribution in [2.24, 2.45) is 5.92 Å². The number of nitrogens with one attached hydrogen (secondary N) is 1. The number of hydrogen-bond donors (Lipinski definition) is 1. The summed E-state index contributed by atoms with van der Waals surface area (Å²) in [5.74, 6) is 0.700. The van der Waals surface area contributed by atoms with Crippen molar-refractivity contribution in [2.75, 3.05) is 19.8 Å². The summed E-state index contributed by atoms with van der Waals surface area (Å²) in [4.78, 5) is 0. The summed E-state index contributed by atoms with van der Waals surface area (Å²) in [6.07, 6.45) is 3.97. The highest BCUT2D eigenvalue weighted by atomic mass is 16.5. The van der Waals surface area contributed by atoms with E-state index in [-0.39, 0.29) is 0 Å². The van der Waals surface area contributed by atoms with Gasteiger partial charge in [-0.1, -0.05) is 20.8 Å². The van der Waals surface area contributed by atoms with Crippen LogP contribution in [0.25, 0.3) is 0 Å². The van der Waals surface area contributed by atoms with Crippen molar-refractivity contribution in [3.05, 3.63) is 0 Å². The largest absolute Gasteiger partial charge is 0.381 e. The molecule has 0 aliphatic rings. The molecule has 0 amide bonds. The van der Waals surface area contributed by atoms with E-state index >= 15 is 0 Å². The van der Waals surface area contributed by atoms with E-state index in [9.17, 15) is 0 Å². The number of ether oxygens (including phenoxy) is 1. The van der Waals surface area contributed by atoms with Crippen LogP contribution >= 0.6 is 0 Å². The summed E-state index contributed by atoms with van der Waals surface area (Å²) in [7, 11) is 0. The van der Waals surface area contributed by atoms with Crippen LogP contribution in [0, 0.1) is 17.2 Å². The molecule has 0 rings (SSSR count). The summed E-state index contributed by atoms with van der Waals surface area (Å²) in [6, 6.07) is 2.36. The summed E-state index contributed by atoms with van der Waals surface area (Å²) in [5, 5.41) is 12.4. The molecule has 1 N–H and O–H groups in total. The highest BCUT2D eigenvalue weighted by molar-refractivity contribution is 5.03. The molecule has 3 heteroatoms. The van der Waals surface area contributed by atoms with Crippen LogP contribution in [-0.4, -0.2) is 25.3 Å². The molecule has 0 aromatic rings. The monoisotopic (exact) mass is 240 g/mol. The van der Waals surface area contributed by atoms with Gasteiger partial charge in [0.15, 0.2) is 0 Å². The maximum Gasteiger partial charge on any atom is 0.104 e. The van der Waals surface area contributed by atoms with Gasteiger partial charge in [-0.25, -0.2) is 0 Å². The van der Waals surface area contributed by atoms with E-state index in [0.717, 1.165) is 45.4 Å². The molecular weight excluding hydrogens is 212 g/mol. The fourth-order valence-electron chi connectivity index (χ4n) is 1.53. The number of hydrogen-bond acceptors (Lipinski definition) is 3. The van der Waals surface area contributed by atoms with Crippen molar-refractivity contribution in [1.82, 2.24) is 5.32 Å². The SMILES string of the molecule is CCCNC(C)(C#N)CCCOCCC(C)C. The molecule has 0 radical (unpaired) electrons. The van der Waals surface area contributed by atoms with Gasteiger partial charge in [0.25, 0.3) is 0 Å². The molecule has 1 unspecified atom stereocenters. The second-order valence-electron chi connectivity index (χ2n) is 5.27. The molecule has 100 valence electrons. The predicted molar refractivity (Wildman–Crippen MR) is 71.8 cm³/mol. The third kappa shape index (κ3) is 9.14. The number of nitrogens with zero attached hydrogens (tertiary/aromatic N) is 1. The van der Waals surface area contributed by atoms with E-state index in [1.54, 1.807) is 0 Å². The zero-order valence-corrected chi connectivity index (χ0v) is 11.9. The Morgan fingerprint density at radius 1 is 1.35 bits per heavy atom. The minimum absolute atomic E-state index is 0.391. The molecule has 0 aliphatic heterocycles. The minimum Gasteiger partial charge on any atom is -0.381 e. The Morgan fingerprint density at radius 3 is 2.59 bits per heavy atom. The lowest BCUT2D eigenvalue weighted by molar-refractivity contribution is 0.116. The van der Waals surface area contributed by atoms with Gasteiger partial charge >= 0.3 is 0 Å². The number of rotatable bonds is 10. The Kier molecular flexibility index (Phi) is 9.11. The van der Waals surface area contributed by atoms with Crippen LogP contribution in [0.5, 0.6) is 0 Å². The van der Waals surface area contributed by atoms with E-state index in [1.807, 2.05) is 6.92 Å². The first-order chi connectivity index (χ1) is 8.04. The van der Waals surface area contributed by atoms with E-state index in [4.69, 9.17) is 10.00 Å². The molecule has 0 saturated carbocycles. The molecule has 0 aromatic heterocycles. The van der Waals surface area contributed by atoms with Crippen LogP contribution in [-0.2, 0) is 4.74 Å². The molecule has 0 aromatic carbocycles. The predicted octanol–water partition coefficient (Wildman–Crippen LogP) is 3.11. The Morgan fingerprint density at radius 2 is 2.06 bits per heavy atom. The first-order valence-electron chi connectivity index (χ1n) is 6.78. The third-order valence-corrected chi connectivity index (χ3v) is 2.82. The lowest BCUT2D eigenvalue weighted by atomic mass is 9.98. The second-order valence-corrected chi connectivity index (χ2v) is 5.27. The summed E-state index contributed by atoms with van der Waals surface area (Å²) in [5.41, 5.74) is -0.391. The average Bonchev–Trinajstić information content (AvgIpc) is 2.30. The Bertz CT molecular complexity index is 223. The van der Waals surface area contributed by atoms with Gasteiger partial charge in [0.1, 0.15) is 5.54 Å². The van der Waals surface area contributed by atoms with E-state index in [0.29, 0.717) is 5.92 Å². The number of nitriles is 1. The van der Waals surface area contributed by atoms with Crippen LogP contribution in [0.4, 0.5) is 0 Å². The lowest BCUT2D eigenvalue weighted by Crippen LogP contribution is -2.41. The highest BCUT2D eigenvalue weighted by Crippen LogP contribution is 2.11. The Hall–Kier alpha value is -0.590. The van der Waals surface area contributed by atoms with Gasteiger partial charge in [-0.2, -0.15) is 5.26 Å². The third-order valence-electron chi connectivity index (χ3n) is 2.82. The quantitative estimate of drug-likeness (QED) is 0.597. The topological polar surface area (TPSA) is 45.0 Å². The van der Waals surface area contributed by atoms with Crippen molar-refractivity contribution >= 4 is 0 Å². The van der Waals surface area contributed by atoms with Gasteiger partial charge < -0.3 is 4.74 Å². The Labute approximate surface area is 107 Å². The van der Waals surface area contributed by atoms with Crippen LogP contribution in [0.2, 0.25) is 0 Å². The van der Waals surface area contributed by atoms with Gasteiger partial charge in [0.2, 0.25) is 0 Å². The van der Waals surface area contributed by atoms with Gasteiger partial charge in [0, 0.05) is 13.2 Å². The second kappa shape index (κ2) is 9.44. The van der Waals surface area contributed by atoms with Crippen molar-refractivity contribution in [3.8, 4) is 6.07 Å². The van der Waals surface area contributed by atoms with E-state index < -0.39 is 5.54 Å². The van der Waals surface area contributed by atoms with E-state index in [1.165, 1.54) is 0 Å². The zero-order valence-electron chi connectivity index (χ0n) is 11.9. The maximum absolute atomic E-state index is 9.13. The average molecular weight is 240 g/mol. The molecule has 0 bridgehead atoms. The zero-order chi connectivity index (χ0) is 13.1. The van der Waals surface area contributed by atoms with Crippen LogP contribution in [0.3, 0.4) is 0 Å². The molecule has 1 atom stereocenters. The summed E-state index contributed by atoms with van der Waals surface area (Å²) in [6.45, 7) is 11.0. The van der Waals surface area contributed by atoms with Crippen LogP contribution in [0.15, 0.2) is 0 Å². The van der Waals surface area contributed by atoms with Crippen molar-refractivity contribution in [2.45, 2.75) is 58.9 Å². The smallest absolute Gasteiger partial charge is 0.104 e. The molecule has 0 heterocycles. The van der Waals surface area contributed by atoms with E-state index in [2.05, 4.69) is 32.2 Å². The van der Waals surface area contributed by atoms with Crippen molar-refractivity contribution in [1.29, 1.82) is 5.26 Å². The standard InChI is InChI=1S/C14H28N2O/c1-5-9-16-14(4,12-15)8-6-10-17-11-7-13(2)3/h13,16H,5-11H2,1-4H3. The lowest BCUT2D eigenvalue weighted by Gasteiger charge is -2.22. The first kappa shape index (κ1) is 16.4. The van der Waals surface area contributed by atoms with Crippen molar-refractivity contribution < 1.29 is 4.74 Å². The van der Waals surface area contributed by atoms with Crippen molar-refractivity contribution in [3.63, 3.8) is 0 Å². The molecule has 0 aliphatic carbocycles. The highest BCUT2D eigenvalue weighted by Gasteiger charge is 2.21. The van der Waals surface area contributed by atoms with Crippen LogP contribution in [0.1, 0.15) is 53.4 Å². The fourth-order valence-corrected chi connectivity index (χ4v) is 1.53. The normalized spacial score (nSPS) is 14.6. The Balaban J connectivity index is 3.60. The molecule has 0 spiro atoms. The first-order valence-corrected chi connectivity index (χ1v) is 6.78. The van der Waals surface area contributed by atoms with Gasteiger partial charge in [-0.3, -0.25) is 5.32 Å². The minimum atomic E-state index is -0.391. The molecule has 0 fully saturated rings. The molecule has 3 nitrogen and oxygen atoms in total. The molecule has 17 heavy (non-hydrogen) atoms. The van der Waals surface area contributed by atoms with Gasteiger partial charge in [-0.15, -0.1) is 0 Å². The molecular formula is C14H28N2O. The summed E-state index contributed by atoms with van der Waals surface area (Å²) >= 11 is 0. The molecule has 0 saturated heterocycles. The fraction of sp³-hybridized carbons (Fsp3) is 0.929. The van der Waals surface area contributed by atoms with Crippen LogP contribution < -0.4 is 5.32 Å².